The number of carbonyl (C=O) groups is 2. The Kier molecular flexibility index (Phi) is 9.62. The largest absolute Gasteiger partial charge is 0.467 e. The van der Waals surface area contributed by atoms with E-state index in [1.807, 2.05) is 80.6 Å². The number of furan rings is 1. The molecule has 3 aromatic carbocycles. The highest BCUT2D eigenvalue weighted by molar-refractivity contribution is 5.89. The van der Waals surface area contributed by atoms with Gasteiger partial charge in [0.2, 0.25) is 11.8 Å². The van der Waals surface area contributed by atoms with Crippen LogP contribution in [0.2, 0.25) is 0 Å². The van der Waals surface area contributed by atoms with Crippen LogP contribution in [-0.4, -0.2) is 53.8 Å². The van der Waals surface area contributed by atoms with Crippen LogP contribution in [0.5, 0.6) is 0 Å². The van der Waals surface area contributed by atoms with E-state index in [4.69, 9.17) is 4.42 Å². The Labute approximate surface area is 253 Å². The van der Waals surface area contributed by atoms with Crippen LogP contribution < -0.4 is 4.90 Å². The standard InChI is InChI=1S/C36H40N4O3/c1-4-32(28-11-6-5-7-12-28)36(42)40(25-31-13-10-22-43-31)26-35(41)39(24-27-16-18-30(19-17-27)38(2)3)21-20-29-23-37-34-15-9-8-14-33(29)34/h5-19,22-23,32,37H,4,20-21,24-26H2,1-3H3. The minimum Gasteiger partial charge on any atom is -0.467 e. The summed E-state index contributed by atoms with van der Waals surface area (Å²) in [6, 6.07) is 29.9. The quantitative estimate of drug-likeness (QED) is 0.171. The van der Waals surface area contributed by atoms with Gasteiger partial charge in [-0.2, -0.15) is 0 Å². The highest BCUT2D eigenvalue weighted by Gasteiger charge is 2.28. The SMILES string of the molecule is CCC(C(=O)N(CC(=O)N(CCc1c[nH]c2ccccc12)Cc1ccc(N(C)C)cc1)Cc1ccco1)c1ccccc1. The number of para-hydroxylation sites is 1. The van der Waals surface area contributed by atoms with E-state index >= 15 is 0 Å². The molecule has 0 aliphatic heterocycles. The van der Waals surface area contributed by atoms with Gasteiger partial charge in [-0.1, -0.05) is 67.6 Å². The molecule has 0 spiro atoms. The van der Waals surface area contributed by atoms with Crippen LogP contribution in [0.3, 0.4) is 0 Å². The molecule has 7 heteroatoms. The zero-order valence-electron chi connectivity index (χ0n) is 25.2. The van der Waals surface area contributed by atoms with Gasteiger partial charge in [0, 0.05) is 50.0 Å². The number of benzene rings is 3. The minimum absolute atomic E-state index is 0.0352. The third kappa shape index (κ3) is 7.36. The zero-order chi connectivity index (χ0) is 30.2. The van der Waals surface area contributed by atoms with Gasteiger partial charge in [0.05, 0.1) is 18.7 Å². The molecule has 0 saturated heterocycles. The van der Waals surface area contributed by atoms with Gasteiger partial charge < -0.3 is 24.1 Å². The number of anilines is 1. The van der Waals surface area contributed by atoms with Gasteiger partial charge in [0.25, 0.3) is 0 Å². The fourth-order valence-corrected chi connectivity index (χ4v) is 5.53. The Hall–Kier alpha value is -4.78. The Bertz CT molecular complexity index is 1610. The highest BCUT2D eigenvalue weighted by Crippen LogP contribution is 2.24. The summed E-state index contributed by atoms with van der Waals surface area (Å²) in [5.74, 6) is 0.126. The number of carbonyl (C=O) groups excluding carboxylic acids is 2. The minimum atomic E-state index is -0.345. The van der Waals surface area contributed by atoms with Crippen LogP contribution in [0, 0.1) is 0 Å². The van der Waals surface area contributed by atoms with E-state index in [2.05, 4.69) is 46.3 Å². The third-order valence-corrected chi connectivity index (χ3v) is 7.98. The van der Waals surface area contributed by atoms with Gasteiger partial charge in [-0.15, -0.1) is 0 Å². The molecule has 1 unspecified atom stereocenters. The lowest BCUT2D eigenvalue weighted by Crippen LogP contribution is -2.44. The molecule has 0 aliphatic rings. The molecule has 0 radical (unpaired) electrons. The van der Waals surface area contributed by atoms with Crippen LogP contribution in [0.25, 0.3) is 10.9 Å². The maximum Gasteiger partial charge on any atom is 0.242 e. The van der Waals surface area contributed by atoms with Crippen LogP contribution in [0.15, 0.2) is 108 Å². The summed E-state index contributed by atoms with van der Waals surface area (Å²) in [5.41, 5.74) is 5.33. The molecule has 7 nitrogen and oxygen atoms in total. The average Bonchev–Trinajstić information content (AvgIpc) is 3.70. The molecule has 0 saturated carbocycles. The monoisotopic (exact) mass is 576 g/mol. The van der Waals surface area contributed by atoms with Crippen molar-refractivity contribution in [3.63, 3.8) is 0 Å². The van der Waals surface area contributed by atoms with E-state index < -0.39 is 0 Å². The first-order valence-electron chi connectivity index (χ1n) is 14.9. The van der Waals surface area contributed by atoms with Crippen molar-refractivity contribution in [1.29, 1.82) is 0 Å². The Morgan fingerprint density at radius 3 is 2.28 bits per heavy atom. The fraction of sp³-hybridized carbons (Fsp3) is 0.278. The molecule has 0 bridgehead atoms. The second kappa shape index (κ2) is 13.9. The number of hydrogen-bond donors (Lipinski definition) is 1. The molecular formula is C36H40N4O3. The predicted octanol–water partition coefficient (Wildman–Crippen LogP) is 6.62. The molecule has 0 fully saturated rings. The summed E-state index contributed by atoms with van der Waals surface area (Å²) in [6.45, 7) is 3.18. The summed E-state index contributed by atoms with van der Waals surface area (Å²) < 4.78 is 5.61. The van der Waals surface area contributed by atoms with Crippen molar-refractivity contribution >= 4 is 28.4 Å². The molecule has 2 heterocycles. The van der Waals surface area contributed by atoms with Crippen molar-refractivity contribution in [3.05, 3.63) is 126 Å². The third-order valence-electron chi connectivity index (χ3n) is 7.98. The number of H-pyrrole nitrogens is 1. The van der Waals surface area contributed by atoms with Crippen LogP contribution in [0.4, 0.5) is 5.69 Å². The molecular weight excluding hydrogens is 536 g/mol. The maximum atomic E-state index is 14.1. The molecule has 5 aromatic rings. The normalized spacial score (nSPS) is 11.8. The van der Waals surface area contributed by atoms with E-state index in [-0.39, 0.29) is 30.8 Å². The van der Waals surface area contributed by atoms with Crippen molar-refractivity contribution in [1.82, 2.24) is 14.8 Å². The van der Waals surface area contributed by atoms with Gasteiger partial charge in [0.15, 0.2) is 0 Å². The van der Waals surface area contributed by atoms with Crippen LogP contribution >= 0.6 is 0 Å². The smallest absolute Gasteiger partial charge is 0.242 e. The molecule has 43 heavy (non-hydrogen) atoms. The van der Waals surface area contributed by atoms with Gasteiger partial charge in [0.1, 0.15) is 12.3 Å². The fourth-order valence-electron chi connectivity index (χ4n) is 5.53. The van der Waals surface area contributed by atoms with Crippen molar-refractivity contribution in [2.24, 2.45) is 0 Å². The zero-order valence-corrected chi connectivity index (χ0v) is 25.2. The number of aromatic nitrogens is 1. The molecule has 5 rings (SSSR count). The van der Waals surface area contributed by atoms with Gasteiger partial charge in [-0.05, 0) is 59.9 Å². The topological polar surface area (TPSA) is 72.8 Å². The van der Waals surface area contributed by atoms with Crippen molar-refractivity contribution < 1.29 is 14.0 Å². The van der Waals surface area contributed by atoms with Crippen molar-refractivity contribution in [2.45, 2.75) is 38.8 Å². The average molecular weight is 577 g/mol. The van der Waals surface area contributed by atoms with Gasteiger partial charge in [-0.25, -0.2) is 0 Å². The maximum absolute atomic E-state index is 14.1. The lowest BCUT2D eigenvalue weighted by Gasteiger charge is -2.30. The van der Waals surface area contributed by atoms with E-state index in [0.717, 1.165) is 33.3 Å². The summed E-state index contributed by atoms with van der Waals surface area (Å²) in [4.78, 5) is 37.1. The second-order valence-electron chi connectivity index (χ2n) is 11.1. The Balaban J connectivity index is 1.40. The molecule has 1 N–H and O–H groups in total. The second-order valence-corrected chi connectivity index (χ2v) is 11.1. The number of aromatic amines is 1. The number of rotatable bonds is 13. The predicted molar refractivity (Wildman–Crippen MR) is 172 cm³/mol. The first-order chi connectivity index (χ1) is 20.9. The van der Waals surface area contributed by atoms with Gasteiger partial charge >= 0.3 is 0 Å². The van der Waals surface area contributed by atoms with E-state index in [1.54, 1.807) is 17.2 Å². The highest BCUT2D eigenvalue weighted by atomic mass is 16.3. The van der Waals surface area contributed by atoms with Crippen LogP contribution in [0.1, 0.15) is 41.7 Å². The number of fused-ring (bicyclic) bond motifs is 1. The number of hydrogen-bond acceptors (Lipinski definition) is 4. The molecule has 2 aromatic heterocycles. The number of nitrogens with zero attached hydrogens (tertiary/aromatic N) is 3. The number of nitrogens with one attached hydrogen (secondary N) is 1. The summed E-state index contributed by atoms with van der Waals surface area (Å²) >= 11 is 0. The Morgan fingerprint density at radius 2 is 1.58 bits per heavy atom. The lowest BCUT2D eigenvalue weighted by molar-refractivity contribution is -0.142. The van der Waals surface area contributed by atoms with Crippen LogP contribution in [-0.2, 0) is 29.1 Å². The lowest BCUT2D eigenvalue weighted by atomic mass is 9.95. The van der Waals surface area contributed by atoms with E-state index in [9.17, 15) is 9.59 Å². The summed E-state index contributed by atoms with van der Waals surface area (Å²) in [6.07, 6.45) is 4.95. The van der Waals surface area contributed by atoms with Crippen molar-refractivity contribution in [3.8, 4) is 0 Å². The molecule has 0 aliphatic carbocycles. The van der Waals surface area contributed by atoms with E-state index in [0.29, 0.717) is 31.7 Å². The molecule has 2 amide bonds. The first kappa shape index (κ1) is 29.7. The van der Waals surface area contributed by atoms with Crippen molar-refractivity contribution in [2.75, 3.05) is 32.1 Å². The van der Waals surface area contributed by atoms with E-state index in [1.165, 1.54) is 0 Å². The van der Waals surface area contributed by atoms with Gasteiger partial charge in [-0.3, -0.25) is 9.59 Å². The molecule has 222 valence electrons. The number of amides is 2. The Morgan fingerprint density at radius 1 is 0.837 bits per heavy atom. The molecule has 1 atom stereocenters. The summed E-state index contributed by atoms with van der Waals surface area (Å²) in [7, 11) is 4.02. The summed E-state index contributed by atoms with van der Waals surface area (Å²) in [5, 5.41) is 1.16. The first-order valence-corrected chi connectivity index (χ1v) is 14.9.